The Bertz CT molecular complexity index is 843. The first-order valence-electron chi connectivity index (χ1n) is 9.84. The van der Waals surface area contributed by atoms with Gasteiger partial charge in [-0.05, 0) is 55.1 Å². The number of hydrogen-bond acceptors (Lipinski definition) is 4. The second-order valence-corrected chi connectivity index (χ2v) is 10.1. The minimum Gasteiger partial charge on any atom is -0.397 e. The molecule has 1 saturated carbocycles. The number of pyridine rings is 1. The molecule has 0 bridgehead atoms. The number of hydrogen-bond donors (Lipinski definition) is 2. The van der Waals surface area contributed by atoms with Gasteiger partial charge in [0.25, 0.3) is 5.91 Å². The van der Waals surface area contributed by atoms with Gasteiger partial charge in [0.2, 0.25) is 0 Å². The van der Waals surface area contributed by atoms with E-state index in [4.69, 9.17) is 10.7 Å². The van der Waals surface area contributed by atoms with Crippen LogP contribution in [0.2, 0.25) is 0 Å². The molecule has 140 valence electrons. The standard InChI is InChI=1S/C21H29N3OS/c1-21(2,3)13-8-9-16-12(10-13)11-15-17(22)18(26-20(15)24-16)19(25)23-14-6-4-5-7-14/h11,13-14H,4-10,22H2,1-3H3,(H,23,25). The number of amides is 1. The number of rotatable bonds is 2. The molecule has 2 aliphatic carbocycles. The smallest absolute Gasteiger partial charge is 0.263 e. The summed E-state index contributed by atoms with van der Waals surface area (Å²) in [5.41, 5.74) is 9.80. The van der Waals surface area contributed by atoms with Gasteiger partial charge in [0.1, 0.15) is 9.71 Å². The molecule has 0 radical (unpaired) electrons. The Kier molecular flexibility index (Phi) is 4.46. The highest BCUT2D eigenvalue weighted by Crippen LogP contribution is 2.40. The van der Waals surface area contributed by atoms with Crippen LogP contribution in [0.3, 0.4) is 0 Å². The number of anilines is 1. The molecule has 0 spiro atoms. The van der Waals surface area contributed by atoms with E-state index in [1.165, 1.54) is 41.9 Å². The molecule has 0 saturated heterocycles. The van der Waals surface area contributed by atoms with Crippen molar-refractivity contribution in [3.63, 3.8) is 0 Å². The van der Waals surface area contributed by atoms with Crippen LogP contribution >= 0.6 is 11.3 Å². The molecule has 4 rings (SSSR count). The van der Waals surface area contributed by atoms with Gasteiger partial charge in [-0.2, -0.15) is 0 Å². The molecular weight excluding hydrogens is 342 g/mol. The predicted octanol–water partition coefficient (Wildman–Crippen LogP) is 4.70. The summed E-state index contributed by atoms with van der Waals surface area (Å²) in [5.74, 6) is 0.641. The van der Waals surface area contributed by atoms with Gasteiger partial charge in [0.15, 0.2) is 0 Å². The highest BCUT2D eigenvalue weighted by molar-refractivity contribution is 7.21. The average Bonchev–Trinajstić information content (AvgIpc) is 3.20. The van der Waals surface area contributed by atoms with E-state index in [0.29, 0.717) is 27.9 Å². The highest BCUT2D eigenvalue weighted by atomic mass is 32.1. The molecule has 4 nitrogen and oxygen atoms in total. The Balaban J connectivity index is 1.64. The van der Waals surface area contributed by atoms with Gasteiger partial charge >= 0.3 is 0 Å². The summed E-state index contributed by atoms with van der Waals surface area (Å²) in [4.78, 5) is 19.1. The average molecular weight is 372 g/mol. The lowest BCUT2D eigenvalue weighted by molar-refractivity contribution is 0.0943. The normalized spacial score (nSPS) is 21.1. The number of aryl methyl sites for hydroxylation is 1. The summed E-state index contributed by atoms with van der Waals surface area (Å²) >= 11 is 1.45. The molecule has 0 aromatic carbocycles. The maximum atomic E-state index is 12.7. The van der Waals surface area contributed by atoms with E-state index < -0.39 is 0 Å². The molecule has 1 unspecified atom stereocenters. The fourth-order valence-corrected chi connectivity index (χ4v) is 5.42. The van der Waals surface area contributed by atoms with Gasteiger partial charge in [-0.15, -0.1) is 11.3 Å². The van der Waals surface area contributed by atoms with Crippen LogP contribution in [-0.2, 0) is 12.8 Å². The number of nitrogen functional groups attached to an aromatic ring is 1. The fourth-order valence-electron chi connectivity index (χ4n) is 4.42. The number of aromatic nitrogens is 1. The van der Waals surface area contributed by atoms with Crippen molar-refractivity contribution in [1.82, 2.24) is 10.3 Å². The number of carbonyl (C=O) groups excluding carboxylic acids is 1. The third kappa shape index (κ3) is 3.22. The van der Waals surface area contributed by atoms with E-state index >= 15 is 0 Å². The fraction of sp³-hybridized carbons (Fsp3) is 0.619. The summed E-state index contributed by atoms with van der Waals surface area (Å²) in [6, 6.07) is 2.51. The molecule has 5 heteroatoms. The largest absolute Gasteiger partial charge is 0.397 e. The lowest BCUT2D eigenvalue weighted by Gasteiger charge is -2.34. The van der Waals surface area contributed by atoms with Crippen molar-refractivity contribution in [3.8, 4) is 0 Å². The van der Waals surface area contributed by atoms with Gasteiger partial charge in [0.05, 0.1) is 5.69 Å². The van der Waals surface area contributed by atoms with E-state index in [2.05, 4.69) is 32.2 Å². The predicted molar refractivity (Wildman–Crippen MR) is 109 cm³/mol. The maximum Gasteiger partial charge on any atom is 0.263 e. The minimum absolute atomic E-state index is 0.0251. The van der Waals surface area contributed by atoms with Crippen molar-refractivity contribution in [1.29, 1.82) is 0 Å². The first-order chi connectivity index (χ1) is 12.3. The number of thiophene rings is 1. The molecule has 2 aromatic heterocycles. The van der Waals surface area contributed by atoms with Crippen molar-refractivity contribution >= 4 is 33.1 Å². The number of fused-ring (bicyclic) bond motifs is 2. The molecule has 1 fully saturated rings. The number of carbonyl (C=O) groups is 1. The third-order valence-electron chi connectivity index (χ3n) is 6.21. The second-order valence-electron chi connectivity index (χ2n) is 9.05. The van der Waals surface area contributed by atoms with E-state index in [1.54, 1.807) is 0 Å². The molecule has 2 heterocycles. The molecule has 1 atom stereocenters. The second kappa shape index (κ2) is 6.52. The van der Waals surface area contributed by atoms with E-state index in [1.807, 2.05) is 0 Å². The molecule has 0 aliphatic heterocycles. The van der Waals surface area contributed by atoms with Crippen LogP contribution in [0.15, 0.2) is 6.07 Å². The van der Waals surface area contributed by atoms with E-state index in [-0.39, 0.29) is 5.91 Å². The monoisotopic (exact) mass is 371 g/mol. The summed E-state index contributed by atoms with van der Waals surface area (Å²) in [6.07, 6.45) is 7.83. The van der Waals surface area contributed by atoms with Crippen LogP contribution in [0.4, 0.5) is 5.69 Å². The molecule has 1 amide bonds. The molecule has 26 heavy (non-hydrogen) atoms. The van der Waals surface area contributed by atoms with Crippen molar-refractivity contribution < 1.29 is 4.79 Å². The molecule has 2 aromatic rings. The number of nitrogens with two attached hydrogens (primary N) is 1. The van der Waals surface area contributed by atoms with Crippen molar-refractivity contribution in [3.05, 3.63) is 22.2 Å². The zero-order valence-electron chi connectivity index (χ0n) is 16.0. The number of nitrogens with zero attached hydrogens (tertiary/aromatic N) is 1. The summed E-state index contributed by atoms with van der Waals surface area (Å²) in [7, 11) is 0. The SMILES string of the molecule is CC(C)(C)C1CCc2nc3sc(C(=O)NC4CCCC4)c(N)c3cc2C1. The summed E-state index contributed by atoms with van der Waals surface area (Å²) in [5, 5.41) is 4.12. The highest BCUT2D eigenvalue weighted by Gasteiger charge is 2.30. The zero-order chi connectivity index (χ0) is 18.5. The van der Waals surface area contributed by atoms with Crippen LogP contribution in [-0.4, -0.2) is 16.9 Å². The van der Waals surface area contributed by atoms with Crippen LogP contribution in [0.5, 0.6) is 0 Å². The Morgan fingerprint density at radius 2 is 2.00 bits per heavy atom. The van der Waals surface area contributed by atoms with Gasteiger partial charge in [-0.1, -0.05) is 33.6 Å². The zero-order valence-corrected chi connectivity index (χ0v) is 16.8. The van der Waals surface area contributed by atoms with Gasteiger partial charge in [0, 0.05) is 17.1 Å². The molecular formula is C21H29N3OS. The third-order valence-corrected chi connectivity index (χ3v) is 7.32. The van der Waals surface area contributed by atoms with Crippen LogP contribution in [0.1, 0.15) is 73.8 Å². The first-order valence-corrected chi connectivity index (χ1v) is 10.7. The Morgan fingerprint density at radius 1 is 1.27 bits per heavy atom. The molecule has 2 aliphatic rings. The van der Waals surface area contributed by atoms with Gasteiger partial charge in [-0.25, -0.2) is 4.98 Å². The van der Waals surface area contributed by atoms with Crippen LogP contribution < -0.4 is 11.1 Å². The summed E-state index contributed by atoms with van der Waals surface area (Å²) in [6.45, 7) is 6.96. The minimum atomic E-state index is -0.0251. The maximum absolute atomic E-state index is 12.7. The van der Waals surface area contributed by atoms with Crippen LogP contribution in [0, 0.1) is 11.3 Å². The van der Waals surface area contributed by atoms with E-state index in [9.17, 15) is 4.79 Å². The van der Waals surface area contributed by atoms with Gasteiger partial charge < -0.3 is 11.1 Å². The van der Waals surface area contributed by atoms with Crippen molar-refractivity contribution in [2.75, 3.05) is 5.73 Å². The quantitative estimate of drug-likeness (QED) is 0.804. The van der Waals surface area contributed by atoms with Gasteiger partial charge in [-0.3, -0.25) is 4.79 Å². The lowest BCUT2D eigenvalue weighted by Crippen LogP contribution is -2.32. The van der Waals surface area contributed by atoms with Crippen molar-refractivity contribution in [2.45, 2.75) is 71.8 Å². The van der Waals surface area contributed by atoms with Crippen molar-refractivity contribution in [2.24, 2.45) is 11.3 Å². The Hall–Kier alpha value is -1.62. The van der Waals surface area contributed by atoms with Crippen LogP contribution in [0.25, 0.3) is 10.2 Å². The Labute approximate surface area is 159 Å². The van der Waals surface area contributed by atoms with E-state index in [0.717, 1.165) is 35.9 Å². The first kappa shape index (κ1) is 17.8. The molecule has 3 N–H and O–H groups in total. The Morgan fingerprint density at radius 3 is 2.69 bits per heavy atom. The lowest BCUT2D eigenvalue weighted by atomic mass is 9.71. The summed E-state index contributed by atoms with van der Waals surface area (Å²) < 4.78 is 0. The topological polar surface area (TPSA) is 68.0 Å². The number of nitrogens with one attached hydrogen (secondary N) is 1.